The molecule has 2 aromatic rings. The summed E-state index contributed by atoms with van der Waals surface area (Å²) in [5.41, 5.74) is 6.96. The van der Waals surface area contributed by atoms with E-state index in [4.69, 9.17) is 17.3 Å². The molecule has 0 aliphatic heterocycles. The molecule has 0 aliphatic rings. The quantitative estimate of drug-likeness (QED) is 0.890. The van der Waals surface area contributed by atoms with Crippen molar-refractivity contribution in [1.82, 2.24) is 5.32 Å². The van der Waals surface area contributed by atoms with Crippen LogP contribution >= 0.6 is 11.6 Å². The maximum Gasteiger partial charge on any atom is 0.239 e. The Labute approximate surface area is 121 Å². The van der Waals surface area contributed by atoms with Crippen LogP contribution in [0.15, 0.2) is 48.5 Å². The molecule has 1 amide bonds. The summed E-state index contributed by atoms with van der Waals surface area (Å²) >= 11 is 5.71. The average Bonchev–Trinajstić information content (AvgIpc) is 2.44. The van der Waals surface area contributed by atoms with Crippen molar-refractivity contribution in [2.24, 2.45) is 5.73 Å². The monoisotopic (exact) mass is 292 g/mol. The zero-order valence-corrected chi connectivity index (χ0v) is 11.4. The van der Waals surface area contributed by atoms with Crippen LogP contribution in [0.4, 0.5) is 4.39 Å². The number of benzene rings is 2. The molecule has 0 heterocycles. The van der Waals surface area contributed by atoms with Crippen molar-refractivity contribution in [3.8, 4) is 0 Å². The summed E-state index contributed by atoms with van der Waals surface area (Å²) in [4.78, 5) is 11.5. The van der Waals surface area contributed by atoms with Crippen LogP contribution in [-0.4, -0.2) is 5.91 Å². The molecule has 0 unspecified atom stereocenters. The van der Waals surface area contributed by atoms with Crippen molar-refractivity contribution in [3.05, 3.63) is 70.5 Å². The summed E-state index contributed by atoms with van der Waals surface area (Å²) in [5, 5.41) is 3.10. The zero-order chi connectivity index (χ0) is 14.5. The first-order chi connectivity index (χ1) is 9.58. The number of nitrogens with one attached hydrogen (secondary N) is 1. The molecular formula is C15H14ClFN2O. The van der Waals surface area contributed by atoms with Crippen LogP contribution in [0, 0.1) is 5.82 Å². The van der Waals surface area contributed by atoms with Gasteiger partial charge in [0.15, 0.2) is 0 Å². The molecule has 5 heteroatoms. The van der Waals surface area contributed by atoms with E-state index in [1.165, 1.54) is 12.1 Å². The Hall–Kier alpha value is -1.91. The highest BCUT2D eigenvalue weighted by molar-refractivity contribution is 6.30. The van der Waals surface area contributed by atoms with E-state index in [-0.39, 0.29) is 5.02 Å². The molecule has 3 N–H and O–H groups in total. The lowest BCUT2D eigenvalue weighted by atomic mass is 10.1. The van der Waals surface area contributed by atoms with Gasteiger partial charge in [0.25, 0.3) is 0 Å². The molecule has 2 rings (SSSR count). The summed E-state index contributed by atoms with van der Waals surface area (Å²) in [6.45, 7) is 0.364. The third kappa shape index (κ3) is 3.56. The number of primary amides is 1. The standard InChI is InChI=1S/C15H14ClFN2O/c16-12-8-10(6-7-13(12)17)9-19-14(15(18)20)11-4-2-1-3-5-11/h1-8,14,19H,9H2,(H2,18,20)/t14-/m0/s1. The Morgan fingerprint density at radius 2 is 1.95 bits per heavy atom. The smallest absolute Gasteiger partial charge is 0.239 e. The first kappa shape index (κ1) is 14.5. The summed E-state index contributed by atoms with van der Waals surface area (Å²) in [7, 11) is 0. The lowest BCUT2D eigenvalue weighted by molar-refractivity contribution is -0.120. The molecule has 0 spiro atoms. The van der Waals surface area contributed by atoms with Gasteiger partial charge in [-0.25, -0.2) is 4.39 Å². The Kier molecular flexibility index (Phi) is 4.71. The number of carbonyl (C=O) groups excluding carboxylic acids is 1. The number of amides is 1. The van der Waals surface area contributed by atoms with Gasteiger partial charge in [0, 0.05) is 6.54 Å². The van der Waals surface area contributed by atoms with Crippen LogP contribution in [0.5, 0.6) is 0 Å². The van der Waals surface area contributed by atoms with Crippen molar-refractivity contribution >= 4 is 17.5 Å². The Bertz CT molecular complexity index is 604. The molecule has 20 heavy (non-hydrogen) atoms. The van der Waals surface area contributed by atoms with Gasteiger partial charge >= 0.3 is 0 Å². The average molecular weight is 293 g/mol. The minimum atomic E-state index is -0.597. The lowest BCUT2D eigenvalue weighted by Gasteiger charge is -2.16. The van der Waals surface area contributed by atoms with Gasteiger partial charge in [0.05, 0.1) is 5.02 Å². The molecule has 0 saturated heterocycles. The number of halogens is 2. The first-order valence-electron chi connectivity index (χ1n) is 6.09. The fraction of sp³-hybridized carbons (Fsp3) is 0.133. The van der Waals surface area contributed by atoms with Gasteiger partial charge in [-0.2, -0.15) is 0 Å². The Balaban J connectivity index is 2.10. The van der Waals surface area contributed by atoms with E-state index in [0.29, 0.717) is 6.54 Å². The molecule has 0 bridgehead atoms. The molecule has 0 saturated carbocycles. The normalized spacial score (nSPS) is 12.1. The highest BCUT2D eigenvalue weighted by Crippen LogP contribution is 2.17. The van der Waals surface area contributed by atoms with E-state index in [1.54, 1.807) is 6.07 Å². The third-order valence-corrected chi connectivity index (χ3v) is 3.20. The number of carbonyl (C=O) groups is 1. The number of rotatable bonds is 5. The van der Waals surface area contributed by atoms with E-state index in [1.807, 2.05) is 30.3 Å². The predicted octanol–water partition coefficient (Wildman–Crippen LogP) is 2.80. The van der Waals surface area contributed by atoms with E-state index < -0.39 is 17.8 Å². The van der Waals surface area contributed by atoms with Crippen molar-refractivity contribution in [3.63, 3.8) is 0 Å². The molecule has 0 aromatic heterocycles. The van der Waals surface area contributed by atoms with Crippen LogP contribution in [0.25, 0.3) is 0 Å². The third-order valence-electron chi connectivity index (χ3n) is 2.91. The van der Waals surface area contributed by atoms with Gasteiger partial charge in [-0.1, -0.05) is 48.0 Å². The maximum atomic E-state index is 13.1. The number of hydrogen-bond acceptors (Lipinski definition) is 2. The molecule has 1 atom stereocenters. The molecule has 0 radical (unpaired) electrons. The highest BCUT2D eigenvalue weighted by Gasteiger charge is 2.16. The topological polar surface area (TPSA) is 55.1 Å². The molecule has 2 aromatic carbocycles. The predicted molar refractivity (Wildman–Crippen MR) is 76.6 cm³/mol. The second-order valence-corrected chi connectivity index (χ2v) is 4.78. The summed E-state index contributed by atoms with van der Waals surface area (Å²) < 4.78 is 13.1. The summed E-state index contributed by atoms with van der Waals surface area (Å²) in [5.74, 6) is -0.936. The number of nitrogens with two attached hydrogens (primary N) is 1. The molecule has 0 aliphatic carbocycles. The van der Waals surface area contributed by atoms with Gasteiger partial charge in [-0.05, 0) is 23.3 Å². The summed E-state index contributed by atoms with van der Waals surface area (Å²) in [6.07, 6.45) is 0. The SMILES string of the molecule is NC(=O)[C@@H](NCc1ccc(F)c(Cl)c1)c1ccccc1. The Morgan fingerprint density at radius 3 is 2.55 bits per heavy atom. The second kappa shape index (κ2) is 6.50. The van der Waals surface area contributed by atoms with Crippen LogP contribution < -0.4 is 11.1 Å². The fourth-order valence-electron chi connectivity index (χ4n) is 1.90. The molecule has 3 nitrogen and oxygen atoms in total. The Morgan fingerprint density at radius 1 is 1.25 bits per heavy atom. The van der Waals surface area contributed by atoms with Gasteiger partial charge < -0.3 is 5.73 Å². The molecule has 104 valence electrons. The van der Waals surface area contributed by atoms with Gasteiger partial charge in [-0.15, -0.1) is 0 Å². The van der Waals surface area contributed by atoms with Crippen molar-refractivity contribution in [2.75, 3.05) is 0 Å². The minimum absolute atomic E-state index is 0.0552. The largest absolute Gasteiger partial charge is 0.368 e. The maximum absolute atomic E-state index is 13.1. The minimum Gasteiger partial charge on any atom is -0.368 e. The molecular weight excluding hydrogens is 279 g/mol. The zero-order valence-electron chi connectivity index (χ0n) is 10.6. The number of hydrogen-bond donors (Lipinski definition) is 2. The van der Waals surface area contributed by atoms with Crippen molar-refractivity contribution in [2.45, 2.75) is 12.6 Å². The van der Waals surface area contributed by atoms with Crippen LogP contribution in [0.1, 0.15) is 17.2 Å². The van der Waals surface area contributed by atoms with Gasteiger partial charge in [0.2, 0.25) is 5.91 Å². The van der Waals surface area contributed by atoms with Crippen LogP contribution in [0.3, 0.4) is 0 Å². The van der Waals surface area contributed by atoms with Crippen LogP contribution in [-0.2, 0) is 11.3 Å². The van der Waals surface area contributed by atoms with E-state index in [0.717, 1.165) is 11.1 Å². The second-order valence-electron chi connectivity index (χ2n) is 4.38. The molecule has 0 fully saturated rings. The fourth-order valence-corrected chi connectivity index (χ4v) is 2.10. The van der Waals surface area contributed by atoms with Crippen LogP contribution in [0.2, 0.25) is 5.02 Å². The first-order valence-corrected chi connectivity index (χ1v) is 6.47. The lowest BCUT2D eigenvalue weighted by Crippen LogP contribution is -2.33. The van der Waals surface area contributed by atoms with E-state index in [9.17, 15) is 9.18 Å². The van der Waals surface area contributed by atoms with E-state index in [2.05, 4.69) is 5.32 Å². The van der Waals surface area contributed by atoms with E-state index >= 15 is 0 Å². The van der Waals surface area contributed by atoms with Gasteiger partial charge in [0.1, 0.15) is 11.9 Å². The van der Waals surface area contributed by atoms with Crippen molar-refractivity contribution in [1.29, 1.82) is 0 Å². The summed E-state index contributed by atoms with van der Waals surface area (Å²) in [6, 6.07) is 13.0. The highest BCUT2D eigenvalue weighted by atomic mass is 35.5. The van der Waals surface area contributed by atoms with Crippen molar-refractivity contribution < 1.29 is 9.18 Å². The van der Waals surface area contributed by atoms with Gasteiger partial charge in [-0.3, -0.25) is 10.1 Å².